The van der Waals surface area contributed by atoms with Gasteiger partial charge in [0.1, 0.15) is 22.5 Å². The third-order valence-corrected chi connectivity index (χ3v) is 5.96. The van der Waals surface area contributed by atoms with E-state index in [1.54, 1.807) is 0 Å². The smallest absolute Gasteiger partial charge is 0.267 e. The molecule has 2 heterocycles. The van der Waals surface area contributed by atoms with Crippen LogP contribution in [0, 0.1) is 0 Å². The fourth-order valence-electron chi connectivity index (χ4n) is 3.15. The summed E-state index contributed by atoms with van der Waals surface area (Å²) >= 11 is 7.81. The minimum atomic E-state index is -0.247. The Kier molecular flexibility index (Phi) is 4.51. The van der Waals surface area contributed by atoms with Gasteiger partial charge in [-0.15, -0.1) is 11.3 Å². The molecule has 134 valence electrons. The highest BCUT2D eigenvalue weighted by Crippen LogP contribution is 2.40. The predicted molar refractivity (Wildman–Crippen MR) is 106 cm³/mol. The van der Waals surface area contributed by atoms with Gasteiger partial charge in [0, 0.05) is 28.1 Å². The lowest BCUT2D eigenvalue weighted by Gasteiger charge is -2.13. The molecule has 0 spiro atoms. The van der Waals surface area contributed by atoms with E-state index in [4.69, 9.17) is 21.1 Å². The first-order chi connectivity index (χ1) is 12.6. The number of hydrogen-bond donors (Lipinski definition) is 1. The number of rotatable bonds is 4. The van der Waals surface area contributed by atoms with Gasteiger partial charge in [0.05, 0.1) is 17.3 Å². The maximum atomic E-state index is 12.8. The highest BCUT2D eigenvalue weighted by Gasteiger charge is 2.24. The van der Waals surface area contributed by atoms with E-state index in [0.29, 0.717) is 27.9 Å². The molecule has 1 unspecified atom stereocenters. The summed E-state index contributed by atoms with van der Waals surface area (Å²) in [6.45, 7) is 4.46. The number of carbonyl (C=O) groups excluding carboxylic acids is 1. The van der Waals surface area contributed by atoms with Crippen molar-refractivity contribution in [2.45, 2.75) is 26.4 Å². The Hall–Kier alpha value is -2.24. The summed E-state index contributed by atoms with van der Waals surface area (Å²) in [4.78, 5) is 13.3. The van der Waals surface area contributed by atoms with Crippen LogP contribution >= 0.6 is 22.9 Å². The first kappa shape index (κ1) is 17.2. The molecular formula is C20H18ClNO3S. The van der Waals surface area contributed by atoms with Gasteiger partial charge < -0.3 is 14.8 Å². The normalized spacial score (nSPS) is 15.6. The van der Waals surface area contributed by atoms with Gasteiger partial charge in [-0.05, 0) is 26.0 Å². The van der Waals surface area contributed by atoms with Gasteiger partial charge in [0.15, 0.2) is 0 Å². The molecule has 1 N–H and O–H groups in total. The first-order valence-corrected chi connectivity index (χ1v) is 9.71. The van der Waals surface area contributed by atoms with Gasteiger partial charge in [-0.25, -0.2) is 0 Å². The van der Waals surface area contributed by atoms with E-state index < -0.39 is 0 Å². The third kappa shape index (κ3) is 3.02. The number of hydrogen-bond acceptors (Lipinski definition) is 4. The fraction of sp³-hybridized carbons (Fsp3) is 0.250. The molecule has 0 fully saturated rings. The minimum absolute atomic E-state index is 0.127. The highest BCUT2D eigenvalue weighted by molar-refractivity contribution is 7.21. The van der Waals surface area contributed by atoms with E-state index in [1.165, 1.54) is 11.3 Å². The molecule has 2 aromatic carbocycles. The van der Waals surface area contributed by atoms with Crippen molar-refractivity contribution in [1.82, 2.24) is 0 Å². The number of fused-ring (bicyclic) bond motifs is 2. The van der Waals surface area contributed by atoms with Crippen LogP contribution in [-0.2, 0) is 6.42 Å². The van der Waals surface area contributed by atoms with Crippen molar-refractivity contribution in [1.29, 1.82) is 0 Å². The highest BCUT2D eigenvalue weighted by atomic mass is 35.5. The van der Waals surface area contributed by atoms with Crippen molar-refractivity contribution in [3.05, 3.63) is 51.9 Å². The van der Waals surface area contributed by atoms with Gasteiger partial charge in [-0.3, -0.25) is 4.79 Å². The van der Waals surface area contributed by atoms with E-state index in [9.17, 15) is 4.79 Å². The second kappa shape index (κ2) is 6.82. The van der Waals surface area contributed by atoms with Crippen LogP contribution in [0.1, 0.15) is 29.1 Å². The number of thiophene rings is 1. The Labute approximate surface area is 160 Å². The van der Waals surface area contributed by atoms with Crippen LogP contribution in [0.2, 0.25) is 5.02 Å². The van der Waals surface area contributed by atoms with Crippen LogP contribution in [0.25, 0.3) is 10.1 Å². The van der Waals surface area contributed by atoms with Crippen LogP contribution < -0.4 is 14.8 Å². The number of halogens is 1. The maximum Gasteiger partial charge on any atom is 0.267 e. The Morgan fingerprint density at radius 2 is 2.19 bits per heavy atom. The standard InChI is InChI=1S/C20H18ClNO3S/c1-3-24-16-9-12-8-11(2)25-15(12)10-14(16)22-20(23)19-18(21)13-6-4-5-7-17(13)26-19/h4-7,9-11H,3,8H2,1-2H3,(H,22,23). The summed E-state index contributed by atoms with van der Waals surface area (Å²) in [6.07, 6.45) is 0.966. The number of carbonyl (C=O) groups is 1. The van der Waals surface area contributed by atoms with Crippen LogP contribution in [0.4, 0.5) is 5.69 Å². The average molecular weight is 388 g/mol. The molecule has 1 aromatic heterocycles. The molecular weight excluding hydrogens is 370 g/mol. The molecule has 1 aliphatic rings. The van der Waals surface area contributed by atoms with E-state index in [2.05, 4.69) is 5.32 Å². The average Bonchev–Trinajstić information content (AvgIpc) is 3.15. The first-order valence-electron chi connectivity index (χ1n) is 8.51. The molecule has 4 nitrogen and oxygen atoms in total. The van der Waals surface area contributed by atoms with E-state index in [-0.39, 0.29) is 12.0 Å². The number of amides is 1. The van der Waals surface area contributed by atoms with E-state index >= 15 is 0 Å². The van der Waals surface area contributed by atoms with Crippen LogP contribution in [-0.4, -0.2) is 18.6 Å². The number of nitrogens with one attached hydrogen (secondary N) is 1. The molecule has 0 radical (unpaired) electrons. The quantitative estimate of drug-likeness (QED) is 0.640. The number of ether oxygens (including phenoxy) is 2. The summed E-state index contributed by atoms with van der Waals surface area (Å²) in [7, 11) is 0. The predicted octanol–water partition coefficient (Wildman–Crippen LogP) is 5.53. The minimum Gasteiger partial charge on any atom is -0.492 e. The molecule has 1 aliphatic heterocycles. The van der Waals surface area contributed by atoms with Crippen molar-refractivity contribution < 1.29 is 14.3 Å². The maximum absolute atomic E-state index is 12.8. The van der Waals surface area contributed by atoms with Crippen LogP contribution in [0.5, 0.6) is 11.5 Å². The van der Waals surface area contributed by atoms with E-state index in [1.807, 2.05) is 50.2 Å². The molecule has 0 saturated carbocycles. The van der Waals surface area contributed by atoms with Crippen LogP contribution in [0.3, 0.4) is 0 Å². The lowest BCUT2D eigenvalue weighted by atomic mass is 10.1. The second-order valence-electron chi connectivity index (χ2n) is 6.22. The van der Waals surface area contributed by atoms with Crippen molar-refractivity contribution in [2.75, 3.05) is 11.9 Å². The summed E-state index contributed by atoms with van der Waals surface area (Å²) < 4.78 is 12.5. The molecule has 4 rings (SSSR count). The SMILES string of the molecule is CCOc1cc2c(cc1NC(=O)c1sc3ccccc3c1Cl)OC(C)C2. The summed E-state index contributed by atoms with van der Waals surface area (Å²) in [6, 6.07) is 11.5. The zero-order valence-electron chi connectivity index (χ0n) is 14.5. The van der Waals surface area contributed by atoms with E-state index in [0.717, 1.165) is 27.8 Å². The molecule has 0 saturated heterocycles. The van der Waals surface area contributed by atoms with Crippen molar-refractivity contribution in [3.8, 4) is 11.5 Å². The largest absolute Gasteiger partial charge is 0.492 e. The molecule has 6 heteroatoms. The third-order valence-electron chi connectivity index (χ3n) is 4.29. The van der Waals surface area contributed by atoms with Crippen molar-refractivity contribution in [3.63, 3.8) is 0 Å². The molecule has 26 heavy (non-hydrogen) atoms. The van der Waals surface area contributed by atoms with Gasteiger partial charge in [0.25, 0.3) is 5.91 Å². The number of anilines is 1. The van der Waals surface area contributed by atoms with Crippen LogP contribution in [0.15, 0.2) is 36.4 Å². The summed E-state index contributed by atoms with van der Waals surface area (Å²) in [5, 5.41) is 4.31. The molecule has 0 aliphatic carbocycles. The Bertz CT molecular complexity index is 998. The second-order valence-corrected chi connectivity index (χ2v) is 7.65. The Morgan fingerprint density at radius 1 is 1.38 bits per heavy atom. The summed E-state index contributed by atoms with van der Waals surface area (Å²) in [5.74, 6) is 1.19. The van der Waals surface area contributed by atoms with Gasteiger partial charge in [-0.2, -0.15) is 0 Å². The lowest BCUT2D eigenvalue weighted by Crippen LogP contribution is -2.12. The van der Waals surface area contributed by atoms with Gasteiger partial charge in [0.2, 0.25) is 0 Å². The van der Waals surface area contributed by atoms with Crippen molar-refractivity contribution in [2.24, 2.45) is 0 Å². The summed E-state index contributed by atoms with van der Waals surface area (Å²) in [5.41, 5.74) is 1.69. The monoisotopic (exact) mass is 387 g/mol. The molecule has 3 aromatic rings. The Morgan fingerprint density at radius 3 is 2.96 bits per heavy atom. The lowest BCUT2D eigenvalue weighted by molar-refractivity contribution is 0.103. The topological polar surface area (TPSA) is 47.6 Å². The number of benzene rings is 2. The molecule has 0 bridgehead atoms. The van der Waals surface area contributed by atoms with Gasteiger partial charge in [-0.1, -0.05) is 29.8 Å². The van der Waals surface area contributed by atoms with Crippen molar-refractivity contribution >= 4 is 44.6 Å². The fourth-order valence-corrected chi connectivity index (χ4v) is 4.56. The van der Waals surface area contributed by atoms with Gasteiger partial charge >= 0.3 is 0 Å². The zero-order chi connectivity index (χ0) is 18.3. The molecule has 1 atom stereocenters. The Balaban J connectivity index is 1.68. The zero-order valence-corrected chi connectivity index (χ0v) is 16.0. The molecule has 1 amide bonds.